The van der Waals surface area contributed by atoms with Crippen molar-refractivity contribution in [3.63, 3.8) is 0 Å². The van der Waals surface area contributed by atoms with Crippen LogP contribution in [0.5, 0.6) is 0 Å². The summed E-state index contributed by atoms with van der Waals surface area (Å²) < 4.78 is 4.52. The predicted octanol–water partition coefficient (Wildman–Crippen LogP) is 0.978. The Kier molecular flexibility index (Phi) is 7.41. The molecule has 1 atom stereocenters. The number of methoxy groups -OCH3 is 1. The fraction of sp³-hybridized carbons (Fsp3) is 0.846. The van der Waals surface area contributed by atoms with Crippen molar-refractivity contribution in [1.82, 2.24) is 10.6 Å². The summed E-state index contributed by atoms with van der Waals surface area (Å²) in [6.07, 6.45) is 6.16. The number of amides is 1. The molecule has 1 aliphatic rings. The van der Waals surface area contributed by atoms with Crippen molar-refractivity contribution in [3.8, 4) is 0 Å². The van der Waals surface area contributed by atoms with Gasteiger partial charge >= 0.3 is 5.97 Å². The molecule has 0 aliphatic carbocycles. The molecule has 104 valence electrons. The van der Waals surface area contributed by atoms with Gasteiger partial charge in [0.15, 0.2) is 0 Å². The Bertz CT molecular complexity index is 263. The van der Waals surface area contributed by atoms with Crippen LogP contribution in [0.15, 0.2) is 0 Å². The van der Waals surface area contributed by atoms with E-state index in [1.54, 1.807) is 0 Å². The molecule has 1 rings (SSSR count). The van der Waals surface area contributed by atoms with E-state index in [9.17, 15) is 9.59 Å². The second kappa shape index (κ2) is 8.91. The fourth-order valence-corrected chi connectivity index (χ4v) is 2.13. The number of rotatable bonds is 7. The van der Waals surface area contributed by atoms with Gasteiger partial charge in [-0.3, -0.25) is 9.59 Å². The number of piperidine rings is 1. The minimum absolute atomic E-state index is 0.0761. The molecule has 1 amide bonds. The van der Waals surface area contributed by atoms with Crippen molar-refractivity contribution in [2.45, 2.75) is 51.0 Å². The molecule has 0 saturated carbocycles. The van der Waals surface area contributed by atoms with Crippen molar-refractivity contribution in [3.05, 3.63) is 0 Å². The van der Waals surface area contributed by atoms with Gasteiger partial charge in [0.2, 0.25) is 5.91 Å². The zero-order chi connectivity index (χ0) is 13.2. The second-order valence-corrected chi connectivity index (χ2v) is 4.72. The number of nitrogens with one attached hydrogen (secondary N) is 2. The summed E-state index contributed by atoms with van der Waals surface area (Å²) in [5, 5.41) is 6.25. The van der Waals surface area contributed by atoms with E-state index >= 15 is 0 Å². The number of ether oxygens (including phenoxy) is 1. The lowest BCUT2D eigenvalue weighted by atomic mass is 10.0. The van der Waals surface area contributed by atoms with Crippen LogP contribution >= 0.6 is 0 Å². The van der Waals surface area contributed by atoms with Crippen molar-refractivity contribution >= 4 is 11.9 Å². The van der Waals surface area contributed by atoms with Crippen LogP contribution in [0.2, 0.25) is 0 Å². The van der Waals surface area contributed by atoms with Gasteiger partial charge in [-0.2, -0.15) is 0 Å². The zero-order valence-electron chi connectivity index (χ0n) is 11.2. The Balaban J connectivity index is 1.98. The average Bonchev–Trinajstić information content (AvgIpc) is 2.42. The van der Waals surface area contributed by atoms with Crippen molar-refractivity contribution < 1.29 is 14.3 Å². The summed E-state index contributed by atoms with van der Waals surface area (Å²) >= 11 is 0. The topological polar surface area (TPSA) is 67.4 Å². The van der Waals surface area contributed by atoms with Crippen LogP contribution in [0, 0.1) is 0 Å². The van der Waals surface area contributed by atoms with E-state index in [2.05, 4.69) is 15.4 Å². The molecular formula is C13H24N2O3. The first-order chi connectivity index (χ1) is 8.72. The molecule has 1 unspecified atom stereocenters. The van der Waals surface area contributed by atoms with Crippen LogP contribution in [-0.2, 0) is 14.3 Å². The quantitative estimate of drug-likeness (QED) is 0.526. The third-order valence-corrected chi connectivity index (χ3v) is 3.24. The lowest BCUT2D eigenvalue weighted by Crippen LogP contribution is -2.35. The van der Waals surface area contributed by atoms with Crippen LogP contribution in [0.3, 0.4) is 0 Å². The maximum absolute atomic E-state index is 11.5. The maximum Gasteiger partial charge on any atom is 0.305 e. The van der Waals surface area contributed by atoms with Gasteiger partial charge in [0, 0.05) is 25.4 Å². The highest BCUT2D eigenvalue weighted by Crippen LogP contribution is 2.11. The van der Waals surface area contributed by atoms with Crippen molar-refractivity contribution in [1.29, 1.82) is 0 Å². The highest BCUT2D eigenvalue weighted by Gasteiger charge is 2.13. The summed E-state index contributed by atoms with van der Waals surface area (Å²) in [6.45, 7) is 1.62. The van der Waals surface area contributed by atoms with Gasteiger partial charge < -0.3 is 15.4 Å². The van der Waals surface area contributed by atoms with Gasteiger partial charge in [-0.15, -0.1) is 0 Å². The van der Waals surface area contributed by atoms with E-state index in [-0.39, 0.29) is 11.9 Å². The number of hydrogen-bond acceptors (Lipinski definition) is 4. The molecule has 0 aromatic rings. The predicted molar refractivity (Wildman–Crippen MR) is 69.1 cm³/mol. The molecule has 0 radical (unpaired) electrons. The molecule has 1 saturated heterocycles. The summed E-state index contributed by atoms with van der Waals surface area (Å²) in [5.74, 6) is -0.150. The van der Waals surface area contributed by atoms with Crippen LogP contribution in [0.4, 0.5) is 0 Å². The highest BCUT2D eigenvalue weighted by molar-refractivity contribution is 5.76. The first kappa shape index (κ1) is 15.0. The molecule has 1 aliphatic heterocycles. The first-order valence-electron chi connectivity index (χ1n) is 6.79. The lowest BCUT2D eigenvalue weighted by Gasteiger charge is -2.23. The summed E-state index contributed by atoms with van der Waals surface area (Å²) in [5.41, 5.74) is 0. The number of carbonyl (C=O) groups excluding carboxylic acids is 2. The maximum atomic E-state index is 11.5. The fourth-order valence-electron chi connectivity index (χ4n) is 2.13. The van der Waals surface area contributed by atoms with Crippen LogP contribution in [0.1, 0.15) is 44.9 Å². The average molecular weight is 256 g/mol. The smallest absolute Gasteiger partial charge is 0.305 e. The van der Waals surface area contributed by atoms with Gasteiger partial charge in [-0.1, -0.05) is 6.42 Å². The Morgan fingerprint density at radius 1 is 1.33 bits per heavy atom. The standard InChI is InChI=1S/C13H24N2O3/c1-18-13(17)6-4-10-15-12(16)8-7-11-5-2-3-9-14-11/h11,14H,2-10H2,1H3,(H,15,16). The highest BCUT2D eigenvalue weighted by atomic mass is 16.5. The van der Waals surface area contributed by atoms with Crippen LogP contribution in [0.25, 0.3) is 0 Å². The summed E-state index contributed by atoms with van der Waals surface area (Å²) in [6, 6.07) is 0.500. The Morgan fingerprint density at radius 3 is 2.83 bits per heavy atom. The summed E-state index contributed by atoms with van der Waals surface area (Å²) in [4.78, 5) is 22.4. The minimum atomic E-state index is -0.226. The second-order valence-electron chi connectivity index (χ2n) is 4.72. The number of esters is 1. The Hall–Kier alpha value is -1.10. The van der Waals surface area contributed by atoms with E-state index in [1.165, 1.54) is 26.4 Å². The molecule has 0 bridgehead atoms. The molecular weight excluding hydrogens is 232 g/mol. The van der Waals surface area contributed by atoms with Gasteiger partial charge in [0.1, 0.15) is 0 Å². The molecule has 2 N–H and O–H groups in total. The molecule has 0 aromatic heterocycles. The van der Waals surface area contributed by atoms with Crippen molar-refractivity contribution in [2.24, 2.45) is 0 Å². The number of hydrogen-bond donors (Lipinski definition) is 2. The van der Waals surface area contributed by atoms with Crippen LogP contribution in [-0.4, -0.2) is 38.1 Å². The van der Waals surface area contributed by atoms with Gasteiger partial charge in [0.05, 0.1) is 7.11 Å². The molecule has 1 heterocycles. The Morgan fingerprint density at radius 2 is 2.17 bits per heavy atom. The van der Waals surface area contributed by atoms with Crippen molar-refractivity contribution in [2.75, 3.05) is 20.2 Å². The van der Waals surface area contributed by atoms with Gasteiger partial charge in [-0.25, -0.2) is 0 Å². The monoisotopic (exact) mass is 256 g/mol. The van der Waals surface area contributed by atoms with Gasteiger partial charge in [-0.05, 0) is 32.2 Å². The van der Waals surface area contributed by atoms with E-state index in [0.717, 1.165) is 13.0 Å². The normalized spacial score (nSPS) is 19.3. The van der Waals surface area contributed by atoms with E-state index < -0.39 is 0 Å². The largest absolute Gasteiger partial charge is 0.469 e. The minimum Gasteiger partial charge on any atom is -0.469 e. The van der Waals surface area contributed by atoms with E-state index in [1.807, 2.05) is 0 Å². The number of carbonyl (C=O) groups is 2. The van der Waals surface area contributed by atoms with E-state index in [4.69, 9.17) is 0 Å². The lowest BCUT2D eigenvalue weighted by molar-refractivity contribution is -0.140. The Labute approximate surface area is 109 Å². The summed E-state index contributed by atoms with van der Waals surface area (Å²) in [7, 11) is 1.37. The third-order valence-electron chi connectivity index (χ3n) is 3.24. The first-order valence-corrected chi connectivity index (χ1v) is 6.79. The molecule has 5 nitrogen and oxygen atoms in total. The van der Waals surface area contributed by atoms with Crippen LogP contribution < -0.4 is 10.6 Å². The SMILES string of the molecule is COC(=O)CCCNC(=O)CCC1CCCCN1. The zero-order valence-corrected chi connectivity index (χ0v) is 11.2. The third kappa shape index (κ3) is 6.59. The molecule has 18 heavy (non-hydrogen) atoms. The van der Waals surface area contributed by atoms with E-state index in [0.29, 0.717) is 31.8 Å². The molecule has 0 aromatic carbocycles. The van der Waals surface area contributed by atoms with Gasteiger partial charge in [0.25, 0.3) is 0 Å². The molecule has 5 heteroatoms. The molecule has 0 spiro atoms. The molecule has 1 fully saturated rings.